The third kappa shape index (κ3) is 3.51. The normalized spacial score (nSPS) is 14.1. The maximum absolute atomic E-state index is 12.5. The smallest absolute Gasteiger partial charge is 0.260 e. The van der Waals surface area contributed by atoms with Crippen LogP contribution in [0, 0.1) is 0 Å². The molecule has 3 aromatic rings. The number of fused-ring (bicyclic) bond motifs is 1. The number of aromatic nitrogens is 2. The average Bonchev–Trinajstić information content (AvgIpc) is 3.16. The van der Waals surface area contributed by atoms with E-state index in [0.29, 0.717) is 24.6 Å². The van der Waals surface area contributed by atoms with Gasteiger partial charge in [-0.05, 0) is 36.3 Å². The van der Waals surface area contributed by atoms with Gasteiger partial charge < -0.3 is 19.4 Å². The topological polar surface area (TPSA) is 67.5 Å². The molecule has 0 unspecified atom stereocenters. The van der Waals surface area contributed by atoms with E-state index in [1.807, 2.05) is 36.5 Å². The Morgan fingerprint density at radius 1 is 1.22 bits per heavy atom. The van der Waals surface area contributed by atoms with E-state index in [9.17, 15) is 4.79 Å². The van der Waals surface area contributed by atoms with Crippen LogP contribution in [0.4, 0.5) is 0 Å². The number of aromatic amines is 1. The molecule has 0 bridgehead atoms. The maximum Gasteiger partial charge on any atom is 0.260 e. The number of methoxy groups -OCH3 is 1. The summed E-state index contributed by atoms with van der Waals surface area (Å²) in [6.45, 7) is 1.24. The Morgan fingerprint density at radius 2 is 2.07 bits per heavy atom. The van der Waals surface area contributed by atoms with E-state index in [4.69, 9.17) is 9.47 Å². The molecule has 1 aromatic carbocycles. The molecule has 0 atom stereocenters. The van der Waals surface area contributed by atoms with Gasteiger partial charge in [0.2, 0.25) is 0 Å². The zero-order valence-corrected chi connectivity index (χ0v) is 15.1. The summed E-state index contributed by atoms with van der Waals surface area (Å²) in [6, 6.07) is 11.3. The lowest BCUT2D eigenvalue weighted by Gasteiger charge is -2.26. The van der Waals surface area contributed by atoms with Crippen LogP contribution < -0.4 is 9.47 Å². The molecule has 0 saturated carbocycles. The third-order valence-corrected chi connectivity index (χ3v) is 4.76. The molecule has 0 aliphatic carbocycles. The highest BCUT2D eigenvalue weighted by molar-refractivity contribution is 5.90. The fraction of sp³-hybridized carbons (Fsp3) is 0.238. The zero-order valence-electron chi connectivity index (χ0n) is 15.1. The first-order chi connectivity index (χ1) is 13.3. The van der Waals surface area contributed by atoms with Gasteiger partial charge >= 0.3 is 0 Å². The number of rotatable bonds is 5. The molecule has 1 amide bonds. The van der Waals surface area contributed by atoms with Crippen LogP contribution in [0.5, 0.6) is 11.5 Å². The van der Waals surface area contributed by atoms with Crippen LogP contribution in [-0.2, 0) is 4.79 Å². The Bertz CT molecular complexity index is 993. The first-order valence-electron chi connectivity index (χ1n) is 8.91. The van der Waals surface area contributed by atoms with Gasteiger partial charge in [-0.25, -0.2) is 0 Å². The summed E-state index contributed by atoms with van der Waals surface area (Å²) in [5.41, 5.74) is 4.33. The van der Waals surface area contributed by atoms with Crippen molar-refractivity contribution in [2.45, 2.75) is 6.42 Å². The number of hydrogen-bond donors (Lipinski definition) is 1. The fourth-order valence-electron chi connectivity index (χ4n) is 3.31. The number of amides is 1. The maximum atomic E-state index is 12.5. The first kappa shape index (κ1) is 17.1. The van der Waals surface area contributed by atoms with Gasteiger partial charge in [-0.3, -0.25) is 9.78 Å². The van der Waals surface area contributed by atoms with E-state index >= 15 is 0 Å². The number of nitrogens with zero attached hydrogens (tertiary/aromatic N) is 2. The Balaban J connectivity index is 1.40. The van der Waals surface area contributed by atoms with E-state index < -0.39 is 0 Å². The molecule has 138 valence electrons. The molecule has 1 aliphatic rings. The highest BCUT2D eigenvalue weighted by Gasteiger charge is 2.20. The molecular formula is C21H21N3O3. The highest BCUT2D eigenvalue weighted by atomic mass is 16.5. The van der Waals surface area contributed by atoms with Gasteiger partial charge in [0.15, 0.2) is 18.1 Å². The second-order valence-corrected chi connectivity index (χ2v) is 6.36. The second kappa shape index (κ2) is 7.53. The molecule has 1 aliphatic heterocycles. The van der Waals surface area contributed by atoms with E-state index in [0.717, 1.165) is 23.0 Å². The molecule has 0 saturated heterocycles. The van der Waals surface area contributed by atoms with E-state index in [1.165, 1.54) is 5.57 Å². The van der Waals surface area contributed by atoms with Gasteiger partial charge in [0.1, 0.15) is 0 Å². The van der Waals surface area contributed by atoms with E-state index in [1.54, 1.807) is 24.3 Å². The summed E-state index contributed by atoms with van der Waals surface area (Å²) < 4.78 is 10.9. The van der Waals surface area contributed by atoms with Gasteiger partial charge in [-0.2, -0.15) is 0 Å². The van der Waals surface area contributed by atoms with Crippen LogP contribution in [0.2, 0.25) is 0 Å². The fourth-order valence-corrected chi connectivity index (χ4v) is 3.31. The van der Waals surface area contributed by atoms with Crippen molar-refractivity contribution >= 4 is 22.5 Å². The van der Waals surface area contributed by atoms with Crippen LogP contribution in [0.3, 0.4) is 0 Å². The quantitative estimate of drug-likeness (QED) is 0.755. The van der Waals surface area contributed by atoms with Gasteiger partial charge in [0, 0.05) is 31.0 Å². The SMILES string of the molecule is COc1ccccc1OCC(=O)N1CC=C(c2c[nH]c3cccnc23)CC1. The third-order valence-electron chi connectivity index (χ3n) is 4.76. The van der Waals surface area contributed by atoms with E-state index in [-0.39, 0.29) is 12.5 Å². The monoisotopic (exact) mass is 363 g/mol. The number of carbonyl (C=O) groups excluding carboxylic acids is 1. The molecule has 0 radical (unpaired) electrons. The second-order valence-electron chi connectivity index (χ2n) is 6.36. The number of para-hydroxylation sites is 2. The van der Waals surface area contributed by atoms with Crippen LogP contribution in [0.25, 0.3) is 16.6 Å². The van der Waals surface area contributed by atoms with Crippen LogP contribution in [0.1, 0.15) is 12.0 Å². The number of hydrogen-bond acceptors (Lipinski definition) is 4. The van der Waals surface area contributed by atoms with Crippen molar-refractivity contribution in [3.05, 3.63) is 60.4 Å². The minimum Gasteiger partial charge on any atom is -0.493 e. The summed E-state index contributed by atoms with van der Waals surface area (Å²) in [5, 5.41) is 0. The van der Waals surface area contributed by atoms with Gasteiger partial charge in [-0.15, -0.1) is 0 Å². The van der Waals surface area contributed by atoms with Crippen LogP contribution in [-0.4, -0.2) is 47.6 Å². The molecule has 6 heteroatoms. The Labute approximate surface area is 157 Å². The summed E-state index contributed by atoms with van der Waals surface area (Å²) in [7, 11) is 1.58. The Hall–Kier alpha value is -3.28. The Kier molecular flexibility index (Phi) is 4.78. The lowest BCUT2D eigenvalue weighted by Crippen LogP contribution is -2.37. The summed E-state index contributed by atoms with van der Waals surface area (Å²) in [4.78, 5) is 22.0. The predicted octanol–water partition coefficient (Wildman–Crippen LogP) is 3.27. The van der Waals surface area contributed by atoms with Crippen molar-refractivity contribution in [1.82, 2.24) is 14.9 Å². The highest BCUT2D eigenvalue weighted by Crippen LogP contribution is 2.28. The molecule has 0 fully saturated rings. The molecule has 6 nitrogen and oxygen atoms in total. The largest absolute Gasteiger partial charge is 0.493 e. The molecule has 1 N–H and O–H groups in total. The van der Waals surface area contributed by atoms with Gasteiger partial charge in [-0.1, -0.05) is 18.2 Å². The van der Waals surface area contributed by atoms with Crippen molar-refractivity contribution in [3.63, 3.8) is 0 Å². The van der Waals surface area contributed by atoms with Crippen LogP contribution >= 0.6 is 0 Å². The minimum absolute atomic E-state index is 0.00180. The molecule has 2 aromatic heterocycles. The number of nitrogens with one attached hydrogen (secondary N) is 1. The van der Waals surface area contributed by atoms with Crippen molar-refractivity contribution < 1.29 is 14.3 Å². The summed E-state index contributed by atoms with van der Waals surface area (Å²) >= 11 is 0. The van der Waals surface area contributed by atoms with Gasteiger partial charge in [0.25, 0.3) is 5.91 Å². The summed E-state index contributed by atoms with van der Waals surface area (Å²) in [5.74, 6) is 1.16. The van der Waals surface area contributed by atoms with E-state index in [2.05, 4.69) is 16.0 Å². The molecule has 3 heterocycles. The summed E-state index contributed by atoms with van der Waals surface area (Å²) in [6.07, 6.45) is 6.69. The number of carbonyl (C=O) groups is 1. The zero-order chi connectivity index (χ0) is 18.6. The number of ether oxygens (including phenoxy) is 2. The lowest BCUT2D eigenvalue weighted by molar-refractivity contribution is -0.132. The van der Waals surface area contributed by atoms with Crippen LogP contribution in [0.15, 0.2) is 54.9 Å². The molecule has 4 rings (SSSR count). The number of H-pyrrole nitrogens is 1. The molecular weight excluding hydrogens is 342 g/mol. The van der Waals surface area contributed by atoms with Crippen molar-refractivity contribution in [1.29, 1.82) is 0 Å². The lowest BCUT2D eigenvalue weighted by atomic mass is 10.0. The molecule has 0 spiro atoms. The average molecular weight is 363 g/mol. The standard InChI is InChI=1S/C21H21N3O3/c1-26-18-6-2-3-7-19(18)27-14-20(25)24-11-8-15(9-12-24)16-13-23-17-5-4-10-22-21(16)17/h2-8,10,13,23H,9,11-12,14H2,1H3. The first-order valence-corrected chi connectivity index (χ1v) is 8.91. The van der Waals surface area contributed by atoms with Crippen molar-refractivity contribution in [2.75, 3.05) is 26.8 Å². The number of benzene rings is 1. The Morgan fingerprint density at radius 3 is 2.85 bits per heavy atom. The predicted molar refractivity (Wildman–Crippen MR) is 104 cm³/mol. The minimum atomic E-state index is -0.0340. The molecule has 27 heavy (non-hydrogen) atoms. The number of pyridine rings is 1. The van der Waals surface area contributed by atoms with Crippen molar-refractivity contribution in [3.8, 4) is 11.5 Å². The van der Waals surface area contributed by atoms with Crippen molar-refractivity contribution in [2.24, 2.45) is 0 Å². The van der Waals surface area contributed by atoms with Gasteiger partial charge in [0.05, 0.1) is 18.1 Å².